The zero-order chi connectivity index (χ0) is 5.98. The van der Waals surface area contributed by atoms with Gasteiger partial charge >= 0.3 is 0 Å². The first-order chi connectivity index (χ1) is 3.80. The summed E-state index contributed by atoms with van der Waals surface area (Å²) in [5.74, 6) is 0.0162. The molecule has 9 heavy (non-hydrogen) atoms. The van der Waals surface area contributed by atoms with Crippen molar-refractivity contribution >= 4 is 18.2 Å². The van der Waals surface area contributed by atoms with Crippen molar-refractivity contribution in [2.45, 2.75) is 6.92 Å². The van der Waals surface area contributed by atoms with Crippen molar-refractivity contribution in [2.24, 2.45) is 0 Å². The summed E-state index contributed by atoms with van der Waals surface area (Å²) in [5, 5.41) is 0. The molecule has 0 aromatic carbocycles. The Bertz CT molecular complexity index is 183. The third-order valence-corrected chi connectivity index (χ3v) is 0.878. The number of ketones is 1. The number of carbonyl (C=O) groups is 1. The molecule has 0 bridgehead atoms. The zero-order valence-corrected chi connectivity index (χ0v) is 5.73. The van der Waals surface area contributed by atoms with Gasteiger partial charge in [0.2, 0.25) is 0 Å². The summed E-state index contributed by atoms with van der Waals surface area (Å²) in [6.45, 7) is 1.49. The van der Waals surface area contributed by atoms with Crippen LogP contribution in [-0.4, -0.2) is 15.8 Å². The van der Waals surface area contributed by atoms with Crippen molar-refractivity contribution in [3.8, 4) is 0 Å². The molecule has 1 N–H and O–H groups in total. The maximum atomic E-state index is 10.4. The van der Waals surface area contributed by atoms with Crippen LogP contribution in [-0.2, 0) is 0 Å². The van der Waals surface area contributed by atoms with E-state index in [1.165, 1.54) is 19.4 Å². The molecule has 0 aliphatic rings. The van der Waals surface area contributed by atoms with Crippen molar-refractivity contribution in [1.29, 1.82) is 0 Å². The van der Waals surface area contributed by atoms with E-state index in [0.717, 1.165) is 0 Å². The first-order valence-corrected chi connectivity index (χ1v) is 2.30. The van der Waals surface area contributed by atoms with E-state index in [9.17, 15) is 4.79 Å². The van der Waals surface area contributed by atoms with Crippen LogP contribution in [0.25, 0.3) is 0 Å². The smallest absolute Gasteiger partial charge is 0.177 e. The Labute approximate surface area is 58.9 Å². The Morgan fingerprint density at radius 1 is 1.78 bits per heavy atom. The molecule has 0 atom stereocenters. The number of nitrogens with one attached hydrogen (secondary N) is 1. The topological polar surface area (TPSA) is 45.8 Å². The van der Waals surface area contributed by atoms with Crippen LogP contribution >= 0.6 is 12.4 Å². The van der Waals surface area contributed by atoms with Crippen molar-refractivity contribution < 1.29 is 4.79 Å². The molecular formula is C5H7ClN2O. The fourth-order valence-electron chi connectivity index (χ4n) is 0.448. The van der Waals surface area contributed by atoms with E-state index in [2.05, 4.69) is 9.97 Å². The Morgan fingerprint density at radius 3 is 2.67 bits per heavy atom. The molecule has 0 amide bonds. The van der Waals surface area contributed by atoms with Crippen LogP contribution in [0.5, 0.6) is 0 Å². The number of imidazole rings is 1. The molecule has 0 fully saturated rings. The number of aromatic amines is 1. The highest BCUT2D eigenvalue weighted by Gasteiger charge is 1.95. The third kappa shape index (κ3) is 1.85. The van der Waals surface area contributed by atoms with E-state index in [-0.39, 0.29) is 18.2 Å². The van der Waals surface area contributed by atoms with Gasteiger partial charge in [0.05, 0.1) is 12.5 Å². The Kier molecular flexibility index (Phi) is 2.95. The van der Waals surface area contributed by atoms with Crippen molar-refractivity contribution in [3.63, 3.8) is 0 Å². The minimum Gasteiger partial charge on any atom is -0.342 e. The van der Waals surface area contributed by atoms with E-state index >= 15 is 0 Å². The predicted molar refractivity (Wildman–Crippen MR) is 35.8 cm³/mol. The van der Waals surface area contributed by atoms with Gasteiger partial charge in [-0.15, -0.1) is 12.4 Å². The maximum absolute atomic E-state index is 10.4. The lowest BCUT2D eigenvalue weighted by atomic mass is 10.3. The van der Waals surface area contributed by atoms with Crippen molar-refractivity contribution in [1.82, 2.24) is 9.97 Å². The second-order valence-electron chi connectivity index (χ2n) is 1.52. The SMILES string of the molecule is CC(=O)c1cnc[nH]1.Cl. The number of hydrogen-bond donors (Lipinski definition) is 1. The maximum Gasteiger partial charge on any atom is 0.177 e. The highest BCUT2D eigenvalue weighted by molar-refractivity contribution is 5.91. The number of carbonyl (C=O) groups excluding carboxylic acids is 1. The Morgan fingerprint density at radius 2 is 2.44 bits per heavy atom. The molecule has 0 radical (unpaired) electrons. The predicted octanol–water partition coefficient (Wildman–Crippen LogP) is 1.03. The molecular weight excluding hydrogens is 140 g/mol. The van der Waals surface area contributed by atoms with Gasteiger partial charge in [0.1, 0.15) is 5.69 Å². The molecule has 0 aliphatic heterocycles. The monoisotopic (exact) mass is 146 g/mol. The van der Waals surface area contributed by atoms with Gasteiger partial charge in [-0.1, -0.05) is 0 Å². The molecule has 4 heteroatoms. The molecule has 0 spiro atoms. The molecule has 3 nitrogen and oxygen atoms in total. The average molecular weight is 147 g/mol. The number of halogens is 1. The summed E-state index contributed by atoms with van der Waals surface area (Å²) in [7, 11) is 0. The van der Waals surface area contributed by atoms with E-state index in [1.807, 2.05) is 0 Å². The molecule has 1 aromatic heterocycles. The lowest BCUT2D eigenvalue weighted by Gasteiger charge is -1.80. The molecule has 0 unspecified atom stereocenters. The minimum absolute atomic E-state index is 0. The number of aromatic nitrogens is 2. The van der Waals surface area contributed by atoms with Gasteiger partial charge < -0.3 is 4.98 Å². The average Bonchev–Trinajstić information content (AvgIpc) is 2.12. The summed E-state index contributed by atoms with van der Waals surface area (Å²) >= 11 is 0. The Balaban J connectivity index is 0.000000640. The van der Waals surface area contributed by atoms with Gasteiger partial charge in [-0.05, 0) is 0 Å². The normalized spacial score (nSPS) is 8.11. The Hall–Kier alpha value is -0.830. The number of nitrogens with zero attached hydrogens (tertiary/aromatic N) is 1. The van der Waals surface area contributed by atoms with Gasteiger partial charge in [0.15, 0.2) is 5.78 Å². The van der Waals surface area contributed by atoms with Gasteiger partial charge in [0.25, 0.3) is 0 Å². The lowest BCUT2D eigenvalue weighted by Crippen LogP contribution is -1.89. The van der Waals surface area contributed by atoms with Crippen LogP contribution in [0.4, 0.5) is 0 Å². The van der Waals surface area contributed by atoms with E-state index in [1.54, 1.807) is 0 Å². The van der Waals surface area contributed by atoms with Crippen LogP contribution in [0.3, 0.4) is 0 Å². The number of H-pyrrole nitrogens is 1. The zero-order valence-electron chi connectivity index (χ0n) is 4.92. The number of hydrogen-bond acceptors (Lipinski definition) is 2. The standard InChI is InChI=1S/C5H6N2O.ClH/c1-4(8)5-2-6-3-7-5;/h2-3H,1H3,(H,6,7);1H. The van der Waals surface area contributed by atoms with Gasteiger partial charge in [-0.3, -0.25) is 4.79 Å². The van der Waals surface area contributed by atoms with Crippen LogP contribution in [0.2, 0.25) is 0 Å². The molecule has 0 aliphatic carbocycles. The summed E-state index contributed by atoms with van der Waals surface area (Å²) in [6, 6.07) is 0. The minimum atomic E-state index is 0. The van der Waals surface area contributed by atoms with Crippen LogP contribution in [0.1, 0.15) is 17.4 Å². The third-order valence-electron chi connectivity index (χ3n) is 0.878. The van der Waals surface area contributed by atoms with Crippen LogP contribution in [0.15, 0.2) is 12.5 Å². The highest BCUT2D eigenvalue weighted by atomic mass is 35.5. The summed E-state index contributed by atoms with van der Waals surface area (Å²) in [6.07, 6.45) is 2.99. The second kappa shape index (κ2) is 3.25. The summed E-state index contributed by atoms with van der Waals surface area (Å²) in [5.41, 5.74) is 0.560. The van der Waals surface area contributed by atoms with E-state index in [4.69, 9.17) is 0 Å². The van der Waals surface area contributed by atoms with Crippen molar-refractivity contribution in [3.05, 3.63) is 18.2 Å². The van der Waals surface area contributed by atoms with Crippen LogP contribution < -0.4 is 0 Å². The molecule has 0 saturated carbocycles. The first kappa shape index (κ1) is 8.17. The fraction of sp³-hybridized carbons (Fsp3) is 0.200. The number of rotatable bonds is 1. The largest absolute Gasteiger partial charge is 0.342 e. The van der Waals surface area contributed by atoms with Gasteiger partial charge in [-0.2, -0.15) is 0 Å². The first-order valence-electron chi connectivity index (χ1n) is 2.30. The molecule has 50 valence electrons. The number of Topliss-reactive ketones (excluding diaryl/α,β-unsaturated/α-hetero) is 1. The quantitative estimate of drug-likeness (QED) is 0.602. The van der Waals surface area contributed by atoms with Gasteiger partial charge in [0, 0.05) is 6.92 Å². The second-order valence-corrected chi connectivity index (χ2v) is 1.52. The van der Waals surface area contributed by atoms with E-state index in [0.29, 0.717) is 5.69 Å². The fourth-order valence-corrected chi connectivity index (χ4v) is 0.448. The van der Waals surface area contributed by atoms with Crippen molar-refractivity contribution in [2.75, 3.05) is 0 Å². The molecule has 1 aromatic rings. The van der Waals surface area contributed by atoms with Crippen LogP contribution in [0, 0.1) is 0 Å². The molecule has 0 saturated heterocycles. The molecule has 1 rings (SSSR count). The van der Waals surface area contributed by atoms with Gasteiger partial charge in [-0.25, -0.2) is 4.98 Å². The highest BCUT2D eigenvalue weighted by Crippen LogP contribution is 1.89. The lowest BCUT2D eigenvalue weighted by molar-refractivity contribution is 0.101. The molecule has 1 heterocycles. The van der Waals surface area contributed by atoms with E-state index < -0.39 is 0 Å². The summed E-state index contributed by atoms with van der Waals surface area (Å²) < 4.78 is 0. The summed E-state index contributed by atoms with van der Waals surface area (Å²) in [4.78, 5) is 16.8.